The van der Waals surface area contributed by atoms with Crippen LogP contribution in [0.25, 0.3) is 0 Å². The molecular formula is C13H23N3O3. The highest BCUT2D eigenvalue weighted by atomic mass is 16.4. The van der Waals surface area contributed by atoms with Gasteiger partial charge in [-0.1, -0.05) is 13.3 Å². The monoisotopic (exact) mass is 269 g/mol. The lowest BCUT2D eigenvalue weighted by Crippen LogP contribution is -2.37. The summed E-state index contributed by atoms with van der Waals surface area (Å²) in [4.78, 5) is 26.6. The first kappa shape index (κ1) is 15.6. The minimum Gasteiger partial charge on any atom is -0.480 e. The summed E-state index contributed by atoms with van der Waals surface area (Å²) < 4.78 is 0. The van der Waals surface area contributed by atoms with Crippen LogP contribution < -0.4 is 11.1 Å². The fourth-order valence-electron chi connectivity index (χ4n) is 2.16. The minimum atomic E-state index is -0.977. The number of rotatable bonds is 8. The second kappa shape index (κ2) is 7.89. The van der Waals surface area contributed by atoms with Crippen molar-refractivity contribution in [3.63, 3.8) is 0 Å². The number of unbranched alkanes of at least 4 members (excludes halogenated alkanes) is 1. The van der Waals surface area contributed by atoms with Crippen LogP contribution in [-0.2, 0) is 9.59 Å². The number of aliphatic carboxylic acids is 1. The van der Waals surface area contributed by atoms with Crippen molar-refractivity contribution >= 4 is 18.1 Å². The zero-order valence-corrected chi connectivity index (χ0v) is 11.3. The number of nitrogens with zero attached hydrogens (tertiary/aromatic N) is 1. The molecule has 1 rings (SSSR count). The summed E-state index contributed by atoms with van der Waals surface area (Å²) in [5.74, 6) is -0.682. The predicted molar refractivity (Wildman–Crippen MR) is 73.1 cm³/mol. The summed E-state index contributed by atoms with van der Waals surface area (Å²) in [6.45, 7) is 2.61. The van der Waals surface area contributed by atoms with Crippen molar-refractivity contribution in [2.45, 2.75) is 51.1 Å². The highest BCUT2D eigenvalue weighted by Gasteiger charge is 2.28. The van der Waals surface area contributed by atoms with Gasteiger partial charge in [0.1, 0.15) is 12.1 Å². The van der Waals surface area contributed by atoms with Gasteiger partial charge in [-0.25, -0.2) is 0 Å². The van der Waals surface area contributed by atoms with E-state index in [0.29, 0.717) is 25.3 Å². The number of nitrogens with one attached hydrogen (secondary N) is 1. The molecule has 0 aliphatic carbocycles. The Bertz CT molecular complexity index is 344. The first-order valence-corrected chi connectivity index (χ1v) is 6.84. The molecule has 0 aromatic heterocycles. The molecule has 0 bridgehead atoms. The Labute approximate surface area is 113 Å². The maximum atomic E-state index is 11.9. The van der Waals surface area contributed by atoms with Gasteiger partial charge in [-0.2, -0.15) is 0 Å². The van der Waals surface area contributed by atoms with E-state index in [9.17, 15) is 9.59 Å². The van der Waals surface area contributed by atoms with Crippen molar-refractivity contribution in [1.29, 1.82) is 0 Å². The predicted octanol–water partition coefficient (Wildman–Crippen LogP) is 0.554. The van der Waals surface area contributed by atoms with E-state index in [1.165, 1.54) is 0 Å². The van der Waals surface area contributed by atoms with Crippen LogP contribution in [0, 0.1) is 5.92 Å². The number of aliphatic imine (C=N–C) groups is 1. The SMILES string of the molecule is CC[C@@H]1CC=N[C@H]1C(=O)NCCCC[C@H](N)C(=O)O. The fourth-order valence-corrected chi connectivity index (χ4v) is 2.16. The average Bonchev–Trinajstić information content (AvgIpc) is 2.85. The van der Waals surface area contributed by atoms with E-state index in [4.69, 9.17) is 10.8 Å². The van der Waals surface area contributed by atoms with Gasteiger partial charge in [0.15, 0.2) is 0 Å². The van der Waals surface area contributed by atoms with E-state index >= 15 is 0 Å². The van der Waals surface area contributed by atoms with E-state index in [2.05, 4.69) is 17.2 Å². The van der Waals surface area contributed by atoms with Gasteiger partial charge in [-0.05, 0) is 31.6 Å². The molecule has 6 heteroatoms. The second-order valence-electron chi connectivity index (χ2n) is 4.91. The van der Waals surface area contributed by atoms with Gasteiger partial charge in [0.2, 0.25) is 5.91 Å². The fraction of sp³-hybridized carbons (Fsp3) is 0.769. The van der Waals surface area contributed by atoms with Crippen molar-refractivity contribution in [3.05, 3.63) is 0 Å². The minimum absolute atomic E-state index is 0.0249. The molecule has 108 valence electrons. The molecule has 0 saturated heterocycles. The van der Waals surface area contributed by atoms with Crippen molar-refractivity contribution in [2.24, 2.45) is 16.6 Å². The number of amides is 1. The number of carboxylic acids is 1. The van der Waals surface area contributed by atoms with Gasteiger partial charge in [0.25, 0.3) is 0 Å². The van der Waals surface area contributed by atoms with Crippen molar-refractivity contribution in [1.82, 2.24) is 5.32 Å². The standard InChI is InChI=1S/C13H23N3O3/c1-2-9-6-8-15-11(9)12(17)16-7-4-3-5-10(14)13(18)19/h8-11H,2-7,14H2,1H3,(H,16,17)(H,18,19)/t9-,10+,11-/m1/s1. The summed E-state index contributed by atoms with van der Waals surface area (Å²) in [5, 5.41) is 11.5. The normalized spacial score (nSPS) is 23.3. The molecule has 3 atom stereocenters. The maximum Gasteiger partial charge on any atom is 0.320 e. The van der Waals surface area contributed by atoms with Crippen LogP contribution in [-0.4, -0.2) is 41.8 Å². The third-order valence-corrected chi connectivity index (χ3v) is 3.47. The molecule has 4 N–H and O–H groups in total. The topological polar surface area (TPSA) is 105 Å². The van der Waals surface area contributed by atoms with Gasteiger partial charge in [-0.3, -0.25) is 14.6 Å². The summed E-state index contributed by atoms with van der Waals surface area (Å²) in [5.41, 5.74) is 5.39. The van der Waals surface area contributed by atoms with Gasteiger partial charge >= 0.3 is 5.97 Å². The van der Waals surface area contributed by atoms with Crippen LogP contribution in [0.3, 0.4) is 0 Å². The Hall–Kier alpha value is -1.43. The van der Waals surface area contributed by atoms with Crippen LogP contribution in [0.2, 0.25) is 0 Å². The third kappa shape index (κ3) is 4.98. The molecule has 1 heterocycles. The van der Waals surface area contributed by atoms with E-state index < -0.39 is 12.0 Å². The van der Waals surface area contributed by atoms with E-state index in [-0.39, 0.29) is 11.9 Å². The number of hydrogen-bond donors (Lipinski definition) is 3. The zero-order valence-electron chi connectivity index (χ0n) is 11.3. The molecule has 6 nitrogen and oxygen atoms in total. The number of carboxylic acid groups (broad SMARTS) is 1. The number of carbonyl (C=O) groups is 2. The zero-order chi connectivity index (χ0) is 14.3. The Morgan fingerprint density at radius 1 is 1.53 bits per heavy atom. The van der Waals surface area contributed by atoms with Crippen LogP contribution in [0.4, 0.5) is 0 Å². The van der Waals surface area contributed by atoms with Crippen molar-refractivity contribution < 1.29 is 14.7 Å². The van der Waals surface area contributed by atoms with Gasteiger partial charge in [0.05, 0.1) is 0 Å². The Morgan fingerprint density at radius 2 is 2.26 bits per heavy atom. The lowest BCUT2D eigenvalue weighted by molar-refractivity contribution is -0.138. The first-order valence-electron chi connectivity index (χ1n) is 6.84. The first-order chi connectivity index (χ1) is 9.06. The quantitative estimate of drug-likeness (QED) is 0.560. The molecule has 1 aliphatic heterocycles. The highest BCUT2D eigenvalue weighted by molar-refractivity contribution is 5.85. The van der Waals surface area contributed by atoms with E-state index in [1.54, 1.807) is 0 Å². The summed E-state index contributed by atoms with van der Waals surface area (Å²) >= 11 is 0. The highest BCUT2D eigenvalue weighted by Crippen LogP contribution is 2.20. The average molecular weight is 269 g/mol. The number of carbonyl (C=O) groups excluding carboxylic acids is 1. The summed E-state index contributed by atoms with van der Waals surface area (Å²) in [7, 11) is 0. The van der Waals surface area contributed by atoms with Crippen molar-refractivity contribution in [2.75, 3.05) is 6.54 Å². The molecule has 0 saturated carbocycles. The lowest BCUT2D eigenvalue weighted by Gasteiger charge is -2.15. The maximum absolute atomic E-state index is 11.9. The number of hydrogen-bond acceptors (Lipinski definition) is 4. The van der Waals surface area contributed by atoms with Crippen LogP contribution in [0.5, 0.6) is 0 Å². The Morgan fingerprint density at radius 3 is 2.89 bits per heavy atom. The molecule has 1 amide bonds. The van der Waals surface area contributed by atoms with E-state index in [1.807, 2.05) is 6.21 Å². The Kier molecular flexibility index (Phi) is 6.49. The molecule has 0 radical (unpaired) electrons. The third-order valence-electron chi connectivity index (χ3n) is 3.47. The smallest absolute Gasteiger partial charge is 0.320 e. The van der Waals surface area contributed by atoms with E-state index in [0.717, 1.165) is 19.3 Å². The van der Waals surface area contributed by atoms with Crippen molar-refractivity contribution in [3.8, 4) is 0 Å². The number of nitrogens with two attached hydrogens (primary N) is 1. The van der Waals surface area contributed by atoms with Gasteiger partial charge in [0, 0.05) is 12.8 Å². The van der Waals surface area contributed by atoms with Crippen LogP contribution in [0.15, 0.2) is 4.99 Å². The second-order valence-corrected chi connectivity index (χ2v) is 4.91. The van der Waals surface area contributed by atoms with Gasteiger partial charge < -0.3 is 16.2 Å². The molecule has 0 spiro atoms. The molecule has 0 aromatic carbocycles. The largest absolute Gasteiger partial charge is 0.480 e. The van der Waals surface area contributed by atoms with Crippen LogP contribution >= 0.6 is 0 Å². The molecule has 1 aliphatic rings. The Balaban J connectivity index is 2.14. The molecule has 19 heavy (non-hydrogen) atoms. The lowest BCUT2D eigenvalue weighted by atomic mass is 9.96. The molecule has 0 unspecified atom stereocenters. The molecule has 0 aromatic rings. The summed E-state index contributed by atoms with van der Waals surface area (Å²) in [6.07, 6.45) is 5.51. The van der Waals surface area contributed by atoms with Gasteiger partial charge in [-0.15, -0.1) is 0 Å². The molecule has 0 fully saturated rings. The van der Waals surface area contributed by atoms with Crippen LogP contribution in [0.1, 0.15) is 39.0 Å². The molecular weight excluding hydrogens is 246 g/mol. The summed E-state index contributed by atoms with van der Waals surface area (Å²) in [6, 6.07) is -1.05.